The van der Waals surface area contributed by atoms with Crippen LogP contribution in [0.25, 0.3) is 0 Å². The van der Waals surface area contributed by atoms with Gasteiger partial charge in [-0.25, -0.2) is 4.98 Å². The molecule has 0 atom stereocenters. The number of ketones is 1. The van der Waals surface area contributed by atoms with Crippen molar-refractivity contribution in [3.8, 4) is 0 Å². The third-order valence-corrected chi connectivity index (χ3v) is 6.13. The number of hydrogen-bond acceptors (Lipinski definition) is 5. The summed E-state index contributed by atoms with van der Waals surface area (Å²) in [6, 6.07) is 9.63. The van der Waals surface area contributed by atoms with Gasteiger partial charge in [-0.1, -0.05) is 6.07 Å². The molecule has 1 spiro atoms. The van der Waals surface area contributed by atoms with Crippen molar-refractivity contribution in [2.45, 2.75) is 39.2 Å². The Bertz CT molecular complexity index is 843. The first-order valence-electron chi connectivity index (χ1n) is 9.94. The summed E-state index contributed by atoms with van der Waals surface area (Å²) in [5.41, 5.74) is 1.78. The number of carbonyl (C=O) groups excluding carboxylic acids is 2. The number of carbonyl (C=O) groups is 2. The summed E-state index contributed by atoms with van der Waals surface area (Å²) in [6.45, 7) is 4.82. The molecule has 1 amide bonds. The fourth-order valence-electron chi connectivity index (χ4n) is 4.33. The van der Waals surface area contributed by atoms with Crippen molar-refractivity contribution in [1.29, 1.82) is 0 Å². The fourth-order valence-corrected chi connectivity index (χ4v) is 4.33. The van der Waals surface area contributed by atoms with Crippen molar-refractivity contribution >= 4 is 17.5 Å². The second-order valence-corrected chi connectivity index (χ2v) is 8.02. The van der Waals surface area contributed by atoms with Gasteiger partial charge >= 0.3 is 0 Å². The number of likely N-dealkylation sites (tertiary alicyclic amines) is 1. The lowest BCUT2D eigenvalue weighted by molar-refractivity contribution is -0.139. The molecule has 0 unspecified atom stereocenters. The van der Waals surface area contributed by atoms with Crippen molar-refractivity contribution in [3.63, 3.8) is 0 Å². The number of piperidine rings is 2. The number of Topliss-reactive ketones (excluding diaryl/α,β-unsaturated/α-hetero) is 1. The van der Waals surface area contributed by atoms with E-state index in [-0.39, 0.29) is 17.1 Å². The molecule has 146 valence electrons. The van der Waals surface area contributed by atoms with E-state index in [2.05, 4.69) is 14.9 Å². The van der Waals surface area contributed by atoms with Gasteiger partial charge in [-0.05, 0) is 55.9 Å². The second kappa shape index (κ2) is 7.70. The number of nitrogens with zero attached hydrogens (tertiary/aromatic N) is 4. The normalized spacial score (nSPS) is 19.1. The molecule has 0 bridgehead atoms. The van der Waals surface area contributed by atoms with Gasteiger partial charge in [0.1, 0.15) is 5.82 Å². The van der Waals surface area contributed by atoms with Crippen molar-refractivity contribution < 1.29 is 9.59 Å². The molecule has 6 nitrogen and oxygen atoms in total. The van der Waals surface area contributed by atoms with E-state index in [0.717, 1.165) is 50.4 Å². The highest BCUT2D eigenvalue weighted by molar-refractivity contribution is 5.93. The van der Waals surface area contributed by atoms with Gasteiger partial charge in [0.05, 0.1) is 12.2 Å². The predicted molar refractivity (Wildman–Crippen MR) is 107 cm³/mol. The highest BCUT2D eigenvalue weighted by atomic mass is 16.2. The number of aromatic nitrogens is 2. The van der Waals surface area contributed by atoms with Crippen LogP contribution < -0.4 is 4.90 Å². The summed E-state index contributed by atoms with van der Waals surface area (Å²) in [4.78, 5) is 37.0. The summed E-state index contributed by atoms with van der Waals surface area (Å²) >= 11 is 0. The van der Waals surface area contributed by atoms with E-state index in [1.165, 1.54) is 0 Å². The molecule has 2 aromatic rings. The number of amides is 1. The van der Waals surface area contributed by atoms with Crippen LogP contribution in [0.4, 0.5) is 5.82 Å². The minimum Gasteiger partial charge on any atom is -0.357 e. The highest BCUT2D eigenvalue weighted by Gasteiger charge is 2.41. The van der Waals surface area contributed by atoms with Crippen molar-refractivity contribution in [2.75, 3.05) is 24.5 Å². The first-order valence-corrected chi connectivity index (χ1v) is 9.94. The molecule has 2 aliphatic rings. The number of pyridine rings is 2. The first-order chi connectivity index (χ1) is 13.5. The molecule has 28 heavy (non-hydrogen) atoms. The van der Waals surface area contributed by atoms with Crippen LogP contribution in [0.2, 0.25) is 0 Å². The van der Waals surface area contributed by atoms with E-state index in [0.29, 0.717) is 18.5 Å². The number of rotatable bonds is 4. The average molecular weight is 378 g/mol. The maximum Gasteiger partial charge on any atom is 0.222 e. The summed E-state index contributed by atoms with van der Waals surface area (Å²) in [5.74, 6) is 1.20. The van der Waals surface area contributed by atoms with E-state index in [1.54, 1.807) is 19.3 Å². The maximum absolute atomic E-state index is 12.4. The van der Waals surface area contributed by atoms with E-state index in [9.17, 15) is 9.59 Å². The Kier molecular flexibility index (Phi) is 5.11. The lowest BCUT2D eigenvalue weighted by Gasteiger charge is -2.47. The molecule has 2 aliphatic heterocycles. The Balaban J connectivity index is 1.40. The minimum absolute atomic E-state index is 0.0384. The van der Waals surface area contributed by atoms with Gasteiger partial charge in [0.25, 0.3) is 0 Å². The second-order valence-electron chi connectivity index (χ2n) is 8.02. The lowest BCUT2D eigenvalue weighted by Crippen LogP contribution is -2.51. The molecule has 2 fully saturated rings. The fraction of sp³-hybridized carbons (Fsp3) is 0.455. The van der Waals surface area contributed by atoms with Crippen molar-refractivity contribution in [3.05, 3.63) is 54.0 Å². The average Bonchev–Trinajstić information content (AvgIpc) is 2.72. The Morgan fingerprint density at radius 3 is 2.57 bits per heavy atom. The smallest absolute Gasteiger partial charge is 0.222 e. The lowest BCUT2D eigenvalue weighted by atomic mass is 9.72. The van der Waals surface area contributed by atoms with Crippen LogP contribution in [-0.4, -0.2) is 46.2 Å². The molecule has 0 radical (unpaired) electrons. The van der Waals surface area contributed by atoms with E-state index >= 15 is 0 Å². The summed E-state index contributed by atoms with van der Waals surface area (Å²) in [7, 11) is 0. The van der Waals surface area contributed by atoms with Crippen LogP contribution in [0.3, 0.4) is 0 Å². The Labute approximate surface area is 165 Å². The first kappa shape index (κ1) is 18.6. The monoisotopic (exact) mass is 378 g/mol. The molecule has 4 rings (SSSR count). The molecule has 2 aromatic heterocycles. The van der Waals surface area contributed by atoms with Crippen LogP contribution in [0.1, 0.15) is 48.7 Å². The maximum atomic E-state index is 12.4. The molecule has 0 N–H and O–H groups in total. The predicted octanol–water partition coefficient (Wildman–Crippen LogP) is 3.09. The molecule has 2 saturated heterocycles. The van der Waals surface area contributed by atoms with Gasteiger partial charge in [0.15, 0.2) is 5.78 Å². The van der Waals surface area contributed by atoms with E-state index in [4.69, 9.17) is 0 Å². The standard InChI is InChI=1S/C22H26N4O2/c1-17(27)18-5-6-20(24-14-18)25-12-9-22(10-13-25)8-7-21(28)26(16-22)15-19-4-2-3-11-23-19/h2-6,11,14H,7-10,12-13,15-16H2,1H3. The topological polar surface area (TPSA) is 66.4 Å². The molecule has 0 aliphatic carbocycles. The van der Waals surface area contributed by atoms with Crippen LogP contribution in [0.5, 0.6) is 0 Å². The van der Waals surface area contributed by atoms with Gasteiger partial charge in [-0.3, -0.25) is 14.6 Å². The Morgan fingerprint density at radius 1 is 1.11 bits per heavy atom. The highest BCUT2D eigenvalue weighted by Crippen LogP contribution is 2.41. The molecule has 0 aromatic carbocycles. The van der Waals surface area contributed by atoms with Crippen LogP contribution in [0, 0.1) is 5.41 Å². The van der Waals surface area contributed by atoms with Gasteiger partial charge in [0.2, 0.25) is 5.91 Å². The third kappa shape index (κ3) is 3.91. The van der Waals surface area contributed by atoms with Crippen LogP contribution in [0.15, 0.2) is 42.7 Å². The van der Waals surface area contributed by atoms with Crippen LogP contribution >= 0.6 is 0 Å². The van der Waals surface area contributed by atoms with Gasteiger partial charge in [-0.15, -0.1) is 0 Å². The van der Waals surface area contributed by atoms with Crippen LogP contribution in [-0.2, 0) is 11.3 Å². The Morgan fingerprint density at radius 2 is 1.93 bits per heavy atom. The molecular formula is C22H26N4O2. The summed E-state index contributed by atoms with van der Waals surface area (Å²) < 4.78 is 0. The van der Waals surface area contributed by atoms with Gasteiger partial charge in [0, 0.05) is 44.0 Å². The summed E-state index contributed by atoms with van der Waals surface area (Å²) in [5, 5.41) is 0. The third-order valence-electron chi connectivity index (χ3n) is 6.13. The number of anilines is 1. The molecule has 4 heterocycles. The molecular weight excluding hydrogens is 352 g/mol. The zero-order valence-electron chi connectivity index (χ0n) is 16.3. The Hall–Kier alpha value is -2.76. The van der Waals surface area contributed by atoms with Crippen molar-refractivity contribution in [2.24, 2.45) is 5.41 Å². The quantitative estimate of drug-likeness (QED) is 0.765. The van der Waals surface area contributed by atoms with Crippen molar-refractivity contribution in [1.82, 2.24) is 14.9 Å². The largest absolute Gasteiger partial charge is 0.357 e. The zero-order valence-corrected chi connectivity index (χ0v) is 16.3. The van der Waals surface area contributed by atoms with Gasteiger partial charge < -0.3 is 9.80 Å². The molecule has 6 heteroatoms. The number of hydrogen-bond donors (Lipinski definition) is 0. The molecule has 0 saturated carbocycles. The van der Waals surface area contributed by atoms with E-state index < -0.39 is 0 Å². The SMILES string of the molecule is CC(=O)c1ccc(N2CCC3(CCC(=O)N(Cc4ccccn4)C3)CC2)nc1. The van der Waals surface area contributed by atoms with E-state index in [1.807, 2.05) is 35.2 Å². The summed E-state index contributed by atoms with van der Waals surface area (Å²) in [6.07, 6.45) is 7.13. The van der Waals surface area contributed by atoms with Gasteiger partial charge in [-0.2, -0.15) is 0 Å². The zero-order chi connectivity index (χ0) is 19.6. The minimum atomic E-state index is 0.0384.